The molecule has 1 aromatic rings. The van der Waals surface area contributed by atoms with Crippen molar-refractivity contribution in [2.45, 2.75) is 18.4 Å². The van der Waals surface area contributed by atoms with Crippen LogP contribution in [0.25, 0.3) is 0 Å². The Labute approximate surface area is 147 Å². The summed E-state index contributed by atoms with van der Waals surface area (Å²) in [5.41, 5.74) is 6.75. The average molecular weight is 350 g/mol. The fourth-order valence-electron chi connectivity index (χ4n) is 3.30. The summed E-state index contributed by atoms with van der Waals surface area (Å²) >= 11 is 0. The maximum atomic E-state index is 11.2. The number of aliphatic carboxylic acids is 1. The lowest BCUT2D eigenvalue weighted by atomic mass is 10.0. The van der Waals surface area contributed by atoms with Gasteiger partial charge >= 0.3 is 5.97 Å². The van der Waals surface area contributed by atoms with Crippen LogP contribution in [0.5, 0.6) is 0 Å². The maximum Gasteiger partial charge on any atom is 0.322 e. The maximum absolute atomic E-state index is 11.2. The summed E-state index contributed by atoms with van der Waals surface area (Å²) in [7, 11) is 2.00. The van der Waals surface area contributed by atoms with Crippen LogP contribution >= 0.6 is 0 Å². The molecule has 0 saturated carbocycles. The van der Waals surface area contributed by atoms with E-state index in [4.69, 9.17) is 4.74 Å². The Hall–Kier alpha value is -1.81. The van der Waals surface area contributed by atoms with Crippen molar-refractivity contribution in [3.63, 3.8) is 0 Å². The number of carbonyl (C=O) groups is 1. The number of nitrogens with one attached hydrogen (secondary N) is 3. The summed E-state index contributed by atoms with van der Waals surface area (Å²) < 4.78 is 5.41. The van der Waals surface area contributed by atoms with Crippen molar-refractivity contribution < 1.29 is 14.6 Å². The lowest BCUT2D eigenvalue weighted by molar-refractivity contribution is -0.140. The molecule has 0 aliphatic carbocycles. The van der Waals surface area contributed by atoms with Crippen molar-refractivity contribution in [3.05, 3.63) is 18.1 Å². The molecule has 1 aromatic heterocycles. The third kappa shape index (κ3) is 4.85. The van der Waals surface area contributed by atoms with Crippen molar-refractivity contribution in [1.29, 1.82) is 0 Å². The predicted octanol–water partition coefficient (Wildman–Crippen LogP) is -0.499. The Balaban J connectivity index is 1.43. The van der Waals surface area contributed by atoms with Gasteiger partial charge < -0.3 is 20.1 Å². The Morgan fingerprint density at radius 2 is 2.40 bits per heavy atom. The first-order valence-electron chi connectivity index (χ1n) is 8.67. The predicted molar refractivity (Wildman–Crippen MR) is 92.2 cm³/mol. The Bertz CT molecular complexity index is 581. The van der Waals surface area contributed by atoms with Gasteiger partial charge in [0.15, 0.2) is 0 Å². The minimum Gasteiger partial charge on any atom is -0.480 e. The molecule has 3 rings (SSSR count). The molecular formula is C16H26N6O3. The SMILES string of the molecule is CN(CCNc1cc(C2CCOC2)ncn1)CC1CNNC1C(=O)O. The number of hydrogen-bond donors (Lipinski definition) is 4. The number of carboxylic acids is 1. The Kier molecular flexibility index (Phi) is 6.14. The zero-order valence-corrected chi connectivity index (χ0v) is 14.4. The molecule has 2 saturated heterocycles. The van der Waals surface area contributed by atoms with Gasteiger partial charge in [0, 0.05) is 50.7 Å². The van der Waals surface area contributed by atoms with Gasteiger partial charge in [0.2, 0.25) is 0 Å². The average Bonchev–Trinajstić information content (AvgIpc) is 3.26. The Morgan fingerprint density at radius 1 is 1.52 bits per heavy atom. The van der Waals surface area contributed by atoms with Crippen LogP contribution in [0, 0.1) is 5.92 Å². The van der Waals surface area contributed by atoms with E-state index in [1.54, 1.807) is 6.33 Å². The van der Waals surface area contributed by atoms with Gasteiger partial charge in [-0.05, 0) is 13.5 Å². The minimum absolute atomic E-state index is 0.0514. The number of carboxylic acid groups (broad SMARTS) is 1. The molecule has 3 atom stereocenters. The van der Waals surface area contributed by atoms with E-state index >= 15 is 0 Å². The van der Waals surface area contributed by atoms with Crippen LogP contribution in [0.1, 0.15) is 18.0 Å². The van der Waals surface area contributed by atoms with Gasteiger partial charge in [-0.15, -0.1) is 0 Å². The minimum atomic E-state index is -0.814. The normalized spacial score (nSPS) is 26.2. The molecule has 0 bridgehead atoms. The van der Waals surface area contributed by atoms with E-state index in [1.165, 1.54) is 0 Å². The standard InChI is InChI=1S/C16H26N6O3/c1-22(8-12-7-20-21-15(12)16(23)24)4-3-17-14-6-13(18-10-19-14)11-2-5-25-9-11/h6,10-12,15,20-21H,2-5,7-9H2,1H3,(H,23,24)(H,17,18,19). The summed E-state index contributed by atoms with van der Waals surface area (Å²) in [5, 5.41) is 12.5. The fraction of sp³-hybridized carbons (Fsp3) is 0.688. The van der Waals surface area contributed by atoms with E-state index in [0.717, 1.165) is 44.2 Å². The van der Waals surface area contributed by atoms with Crippen LogP contribution in [0.4, 0.5) is 5.82 Å². The highest BCUT2D eigenvalue weighted by Gasteiger charge is 2.33. The summed E-state index contributed by atoms with van der Waals surface area (Å²) in [6, 6.07) is 1.46. The van der Waals surface area contributed by atoms with E-state index < -0.39 is 12.0 Å². The quantitative estimate of drug-likeness (QED) is 0.493. The summed E-state index contributed by atoms with van der Waals surface area (Å²) in [6.45, 7) is 4.44. The molecule has 2 aliphatic heterocycles. The van der Waals surface area contributed by atoms with Crippen molar-refractivity contribution in [3.8, 4) is 0 Å². The highest BCUT2D eigenvalue weighted by Crippen LogP contribution is 2.24. The van der Waals surface area contributed by atoms with Gasteiger partial charge in [0.1, 0.15) is 18.2 Å². The van der Waals surface area contributed by atoms with Gasteiger partial charge in [-0.2, -0.15) is 0 Å². The van der Waals surface area contributed by atoms with E-state index in [1.807, 2.05) is 13.1 Å². The van der Waals surface area contributed by atoms with E-state index in [2.05, 4.69) is 31.0 Å². The second-order valence-electron chi connectivity index (χ2n) is 6.68. The first-order valence-corrected chi connectivity index (χ1v) is 8.67. The third-order valence-corrected chi connectivity index (χ3v) is 4.74. The number of hydrazine groups is 1. The molecule has 2 aliphatic rings. The number of hydrogen-bond acceptors (Lipinski definition) is 8. The Morgan fingerprint density at radius 3 is 3.16 bits per heavy atom. The first-order chi connectivity index (χ1) is 12.1. The highest BCUT2D eigenvalue weighted by atomic mass is 16.5. The third-order valence-electron chi connectivity index (χ3n) is 4.74. The number of nitrogens with zero attached hydrogens (tertiary/aromatic N) is 3. The molecule has 2 fully saturated rings. The molecule has 0 aromatic carbocycles. The number of anilines is 1. The summed E-state index contributed by atoms with van der Waals surface area (Å²) in [4.78, 5) is 21.9. The van der Waals surface area contributed by atoms with Crippen LogP contribution in [-0.4, -0.2) is 78.4 Å². The molecule has 0 radical (unpaired) electrons. The molecule has 138 valence electrons. The second kappa shape index (κ2) is 8.52. The topological polar surface area (TPSA) is 112 Å². The fourth-order valence-corrected chi connectivity index (χ4v) is 3.30. The number of aromatic nitrogens is 2. The number of ether oxygens (including phenoxy) is 1. The second-order valence-corrected chi connectivity index (χ2v) is 6.68. The molecule has 9 heteroatoms. The summed E-state index contributed by atoms with van der Waals surface area (Å²) in [5.74, 6) is 0.418. The van der Waals surface area contributed by atoms with Crippen molar-refractivity contribution >= 4 is 11.8 Å². The largest absolute Gasteiger partial charge is 0.480 e. The molecule has 25 heavy (non-hydrogen) atoms. The lowest BCUT2D eigenvalue weighted by Crippen LogP contribution is -2.42. The van der Waals surface area contributed by atoms with E-state index in [0.29, 0.717) is 19.0 Å². The summed E-state index contributed by atoms with van der Waals surface area (Å²) in [6.07, 6.45) is 2.60. The van der Waals surface area contributed by atoms with Crippen LogP contribution in [-0.2, 0) is 9.53 Å². The van der Waals surface area contributed by atoms with Crippen molar-refractivity contribution in [2.75, 3.05) is 51.8 Å². The van der Waals surface area contributed by atoms with E-state index in [-0.39, 0.29) is 5.92 Å². The van der Waals surface area contributed by atoms with Crippen molar-refractivity contribution in [2.24, 2.45) is 5.92 Å². The van der Waals surface area contributed by atoms with Crippen molar-refractivity contribution in [1.82, 2.24) is 25.7 Å². The van der Waals surface area contributed by atoms with Crippen LogP contribution in [0.15, 0.2) is 12.4 Å². The lowest BCUT2D eigenvalue weighted by Gasteiger charge is -2.22. The van der Waals surface area contributed by atoms with Crippen LogP contribution in [0.2, 0.25) is 0 Å². The van der Waals surface area contributed by atoms with Crippen LogP contribution in [0.3, 0.4) is 0 Å². The highest BCUT2D eigenvalue weighted by molar-refractivity contribution is 5.74. The van der Waals surface area contributed by atoms with Gasteiger partial charge in [0.25, 0.3) is 0 Å². The van der Waals surface area contributed by atoms with Gasteiger partial charge in [-0.3, -0.25) is 10.2 Å². The van der Waals surface area contributed by atoms with E-state index in [9.17, 15) is 9.90 Å². The number of rotatable bonds is 8. The monoisotopic (exact) mass is 350 g/mol. The molecule has 0 amide bonds. The first kappa shape index (κ1) is 18.0. The van der Waals surface area contributed by atoms with Gasteiger partial charge in [0.05, 0.1) is 12.3 Å². The molecule has 4 N–H and O–H groups in total. The zero-order valence-electron chi connectivity index (χ0n) is 14.4. The molecule has 0 spiro atoms. The van der Waals surface area contributed by atoms with Gasteiger partial charge in [-0.1, -0.05) is 0 Å². The molecular weight excluding hydrogens is 324 g/mol. The molecule has 3 unspecified atom stereocenters. The van der Waals surface area contributed by atoms with Crippen LogP contribution < -0.4 is 16.2 Å². The van der Waals surface area contributed by atoms with Gasteiger partial charge in [-0.25, -0.2) is 15.4 Å². The molecule has 9 nitrogen and oxygen atoms in total. The molecule has 3 heterocycles. The number of likely N-dealkylation sites (N-methyl/N-ethyl adjacent to an activating group) is 1. The zero-order chi connectivity index (χ0) is 17.6. The smallest absolute Gasteiger partial charge is 0.322 e.